The molecule has 3 aromatic rings. The third-order valence-electron chi connectivity index (χ3n) is 7.12. The molecule has 0 radical (unpaired) electrons. The van der Waals surface area contributed by atoms with Crippen molar-refractivity contribution in [1.29, 1.82) is 0 Å². The van der Waals surface area contributed by atoms with Gasteiger partial charge in [-0.15, -0.1) is 0 Å². The van der Waals surface area contributed by atoms with Gasteiger partial charge < -0.3 is 25.6 Å². The molecule has 12 heteroatoms. The Labute approximate surface area is 229 Å². The SMILES string of the molecule is CN1CCN(c2cc(Oc3ccc(-c4nc(C[C@H]5CCNC5=O)cc(C(N)=O)n4)cc3)ccc2C(F)(F)F)CC1. The summed E-state index contributed by atoms with van der Waals surface area (Å²) in [4.78, 5) is 36.5. The molecule has 0 spiro atoms. The topological polar surface area (TPSA) is 114 Å². The Bertz CT molecular complexity index is 1410. The molecule has 1 atom stereocenters. The molecule has 3 heterocycles. The Kier molecular flexibility index (Phi) is 7.61. The summed E-state index contributed by atoms with van der Waals surface area (Å²) in [6.45, 7) is 2.89. The Morgan fingerprint density at radius 3 is 2.38 bits per heavy atom. The van der Waals surface area contributed by atoms with E-state index in [0.717, 1.165) is 6.07 Å². The Hall–Kier alpha value is -4.19. The maximum atomic E-state index is 13.7. The first-order chi connectivity index (χ1) is 19.1. The van der Waals surface area contributed by atoms with Gasteiger partial charge in [0.25, 0.3) is 5.91 Å². The number of nitrogens with zero attached hydrogens (tertiary/aromatic N) is 4. The second kappa shape index (κ2) is 11.1. The average Bonchev–Trinajstić information content (AvgIpc) is 3.32. The fraction of sp³-hybridized carbons (Fsp3) is 0.357. The van der Waals surface area contributed by atoms with E-state index in [1.165, 1.54) is 18.2 Å². The van der Waals surface area contributed by atoms with E-state index in [9.17, 15) is 22.8 Å². The maximum Gasteiger partial charge on any atom is 0.418 e. The van der Waals surface area contributed by atoms with Crippen LogP contribution in [0.15, 0.2) is 48.5 Å². The maximum absolute atomic E-state index is 13.7. The molecule has 0 unspecified atom stereocenters. The van der Waals surface area contributed by atoms with Crippen LogP contribution in [0.2, 0.25) is 0 Å². The smallest absolute Gasteiger partial charge is 0.418 e. The molecule has 210 valence electrons. The van der Waals surface area contributed by atoms with Gasteiger partial charge in [-0.05, 0) is 55.9 Å². The number of nitrogens with two attached hydrogens (primary N) is 1. The largest absolute Gasteiger partial charge is 0.457 e. The molecule has 40 heavy (non-hydrogen) atoms. The van der Waals surface area contributed by atoms with Crippen LogP contribution in [0, 0.1) is 5.92 Å². The quantitative estimate of drug-likeness (QED) is 0.460. The number of ether oxygens (including phenoxy) is 1. The number of primary amides is 1. The number of likely N-dealkylation sites (N-methyl/N-ethyl adjacent to an activating group) is 1. The first kappa shape index (κ1) is 27.4. The van der Waals surface area contributed by atoms with E-state index in [1.54, 1.807) is 29.2 Å². The van der Waals surface area contributed by atoms with Gasteiger partial charge in [0.15, 0.2) is 5.82 Å². The molecule has 2 amide bonds. The molecule has 2 aliphatic heterocycles. The van der Waals surface area contributed by atoms with Crippen LogP contribution in [0.5, 0.6) is 11.5 Å². The van der Waals surface area contributed by atoms with Crippen LogP contribution in [-0.2, 0) is 17.4 Å². The zero-order valence-electron chi connectivity index (χ0n) is 21.9. The van der Waals surface area contributed by atoms with Crippen molar-refractivity contribution in [2.24, 2.45) is 11.7 Å². The van der Waals surface area contributed by atoms with E-state index >= 15 is 0 Å². The number of piperazine rings is 1. The van der Waals surface area contributed by atoms with Crippen molar-refractivity contribution >= 4 is 17.5 Å². The monoisotopic (exact) mass is 554 g/mol. The lowest BCUT2D eigenvalue weighted by molar-refractivity contribution is -0.137. The van der Waals surface area contributed by atoms with E-state index in [4.69, 9.17) is 10.5 Å². The molecule has 2 saturated heterocycles. The minimum atomic E-state index is -4.49. The molecule has 0 saturated carbocycles. The highest BCUT2D eigenvalue weighted by molar-refractivity contribution is 5.91. The number of nitrogens with one attached hydrogen (secondary N) is 1. The number of carbonyl (C=O) groups is 2. The predicted molar refractivity (Wildman–Crippen MR) is 142 cm³/mol. The Balaban J connectivity index is 1.37. The summed E-state index contributed by atoms with van der Waals surface area (Å²) in [6, 6.07) is 11.9. The van der Waals surface area contributed by atoms with Gasteiger partial charge in [0.2, 0.25) is 5.91 Å². The summed E-state index contributed by atoms with van der Waals surface area (Å²) in [7, 11) is 1.94. The van der Waals surface area contributed by atoms with Crippen molar-refractivity contribution in [1.82, 2.24) is 20.2 Å². The van der Waals surface area contributed by atoms with E-state index in [0.29, 0.717) is 62.6 Å². The number of benzene rings is 2. The summed E-state index contributed by atoms with van der Waals surface area (Å²) in [5, 5.41) is 2.79. The van der Waals surface area contributed by atoms with Crippen LogP contribution in [0.4, 0.5) is 18.9 Å². The number of hydrogen-bond donors (Lipinski definition) is 2. The van der Waals surface area contributed by atoms with Crippen LogP contribution in [0.1, 0.15) is 28.2 Å². The summed E-state index contributed by atoms with van der Waals surface area (Å²) in [6.07, 6.45) is -3.46. The highest BCUT2D eigenvalue weighted by Crippen LogP contribution is 2.40. The van der Waals surface area contributed by atoms with E-state index in [-0.39, 0.29) is 34.8 Å². The molecular weight excluding hydrogens is 525 g/mol. The molecule has 2 aliphatic rings. The highest BCUT2D eigenvalue weighted by Gasteiger charge is 2.35. The minimum Gasteiger partial charge on any atom is -0.457 e. The van der Waals surface area contributed by atoms with Crippen LogP contribution >= 0.6 is 0 Å². The van der Waals surface area contributed by atoms with Gasteiger partial charge in [-0.1, -0.05) is 0 Å². The van der Waals surface area contributed by atoms with Gasteiger partial charge in [0.05, 0.1) is 11.3 Å². The van der Waals surface area contributed by atoms with Crippen molar-refractivity contribution < 1.29 is 27.5 Å². The summed E-state index contributed by atoms with van der Waals surface area (Å²) in [5.74, 6) is -0.0529. The molecule has 1 aromatic heterocycles. The number of aromatic nitrogens is 2. The predicted octanol–water partition coefficient (Wildman–Crippen LogP) is 3.48. The Morgan fingerprint density at radius 1 is 1.05 bits per heavy atom. The van der Waals surface area contributed by atoms with Crippen molar-refractivity contribution in [2.45, 2.75) is 19.0 Å². The van der Waals surface area contributed by atoms with Gasteiger partial charge >= 0.3 is 6.18 Å². The molecule has 0 bridgehead atoms. The third kappa shape index (κ3) is 6.17. The van der Waals surface area contributed by atoms with Gasteiger partial charge in [0, 0.05) is 62.4 Å². The van der Waals surface area contributed by atoms with Crippen molar-refractivity contribution in [2.75, 3.05) is 44.7 Å². The summed E-state index contributed by atoms with van der Waals surface area (Å²) >= 11 is 0. The Morgan fingerprint density at radius 2 is 1.75 bits per heavy atom. The highest BCUT2D eigenvalue weighted by atomic mass is 19.4. The molecular formula is C28H29F3N6O3. The fourth-order valence-corrected chi connectivity index (χ4v) is 4.88. The van der Waals surface area contributed by atoms with Gasteiger partial charge in [0.1, 0.15) is 17.2 Å². The average molecular weight is 555 g/mol. The molecule has 2 fully saturated rings. The molecule has 9 nitrogen and oxygen atoms in total. The number of halogens is 3. The van der Waals surface area contributed by atoms with Crippen molar-refractivity contribution in [3.05, 3.63) is 65.5 Å². The van der Waals surface area contributed by atoms with E-state index in [1.807, 2.05) is 7.05 Å². The van der Waals surface area contributed by atoms with Gasteiger partial charge in [-0.25, -0.2) is 9.97 Å². The lowest BCUT2D eigenvalue weighted by atomic mass is 10.0. The van der Waals surface area contributed by atoms with E-state index in [2.05, 4.69) is 20.2 Å². The zero-order valence-corrected chi connectivity index (χ0v) is 21.9. The molecule has 3 N–H and O–H groups in total. The van der Waals surface area contributed by atoms with E-state index < -0.39 is 17.6 Å². The number of hydrogen-bond acceptors (Lipinski definition) is 7. The second-order valence-electron chi connectivity index (χ2n) is 10.0. The third-order valence-corrected chi connectivity index (χ3v) is 7.12. The van der Waals surface area contributed by atoms with Gasteiger partial charge in [-0.3, -0.25) is 9.59 Å². The molecule has 0 aliphatic carbocycles. The number of alkyl halides is 3. The first-order valence-electron chi connectivity index (χ1n) is 13.0. The number of rotatable bonds is 7. The second-order valence-corrected chi connectivity index (χ2v) is 10.0. The number of carbonyl (C=O) groups excluding carboxylic acids is 2. The molecule has 2 aromatic carbocycles. The fourth-order valence-electron chi connectivity index (χ4n) is 4.88. The molecule has 5 rings (SSSR count). The van der Waals surface area contributed by atoms with Crippen LogP contribution in [0.25, 0.3) is 11.4 Å². The minimum absolute atomic E-state index is 0.0416. The lowest BCUT2D eigenvalue weighted by Gasteiger charge is -2.35. The van der Waals surface area contributed by atoms with Crippen LogP contribution in [-0.4, -0.2) is 66.5 Å². The normalized spacial score (nSPS) is 18.1. The summed E-state index contributed by atoms with van der Waals surface area (Å²) < 4.78 is 47.1. The van der Waals surface area contributed by atoms with Crippen molar-refractivity contribution in [3.8, 4) is 22.9 Å². The zero-order chi connectivity index (χ0) is 28.4. The first-order valence-corrected chi connectivity index (χ1v) is 13.0. The van der Waals surface area contributed by atoms with Gasteiger partial charge in [-0.2, -0.15) is 13.2 Å². The number of anilines is 1. The van der Waals surface area contributed by atoms with Crippen molar-refractivity contribution in [3.63, 3.8) is 0 Å². The van der Waals surface area contributed by atoms with Crippen LogP contribution in [0.3, 0.4) is 0 Å². The summed E-state index contributed by atoms with van der Waals surface area (Å²) in [5.41, 5.74) is 6.03. The standard InChI is InChI=1S/C28H29F3N6O3/c1-36-10-12-37(13-11-36)24-16-21(6-7-22(24)28(29,30)31)40-20-4-2-17(3-5-20)26-34-19(15-23(35-26)25(32)38)14-18-8-9-33-27(18)39/h2-7,15-16,18H,8-14H2,1H3,(H2,32,38)(H,33,39)/t18-/m1/s1. The lowest BCUT2D eigenvalue weighted by Crippen LogP contribution is -2.45. The number of amides is 2. The van der Waals surface area contributed by atoms with Crippen LogP contribution < -0.4 is 20.7 Å².